The highest BCUT2D eigenvalue weighted by atomic mass is 35.5. The Balaban J connectivity index is 2.05. The van der Waals surface area contributed by atoms with Gasteiger partial charge in [-0.2, -0.15) is 0 Å². The number of halogens is 2. The fourth-order valence-electron chi connectivity index (χ4n) is 4.01. The first kappa shape index (κ1) is 30.5. The molecule has 0 fully saturated rings. The molecule has 7 nitrogen and oxygen atoms in total. The van der Waals surface area contributed by atoms with Crippen LogP contribution < -0.4 is 9.62 Å². The summed E-state index contributed by atoms with van der Waals surface area (Å²) < 4.78 is 28.6. The van der Waals surface area contributed by atoms with E-state index in [0.717, 1.165) is 9.87 Å². The van der Waals surface area contributed by atoms with Crippen LogP contribution in [0, 0.1) is 0 Å². The minimum Gasteiger partial charge on any atom is -0.350 e. The van der Waals surface area contributed by atoms with E-state index in [1.807, 2.05) is 27.7 Å². The Hall–Kier alpha value is -3.07. The van der Waals surface area contributed by atoms with Crippen LogP contribution in [0.1, 0.15) is 39.7 Å². The second-order valence-electron chi connectivity index (χ2n) is 10.1. The molecule has 0 saturated carbocycles. The molecule has 3 aromatic rings. The molecule has 2 amide bonds. The highest BCUT2D eigenvalue weighted by Gasteiger charge is 2.34. The molecule has 39 heavy (non-hydrogen) atoms. The average molecular weight is 591 g/mol. The molecule has 0 aliphatic heterocycles. The number of benzene rings is 3. The topological polar surface area (TPSA) is 86.8 Å². The number of hydrogen-bond donors (Lipinski definition) is 1. The van der Waals surface area contributed by atoms with Crippen molar-refractivity contribution in [2.45, 2.75) is 57.1 Å². The van der Waals surface area contributed by atoms with E-state index in [9.17, 15) is 18.0 Å². The van der Waals surface area contributed by atoms with Crippen molar-refractivity contribution in [1.82, 2.24) is 10.2 Å². The first-order valence-electron chi connectivity index (χ1n) is 12.5. The fourth-order valence-corrected chi connectivity index (χ4v) is 5.70. The van der Waals surface area contributed by atoms with Crippen molar-refractivity contribution in [3.63, 3.8) is 0 Å². The van der Waals surface area contributed by atoms with Crippen molar-refractivity contribution < 1.29 is 18.0 Å². The van der Waals surface area contributed by atoms with E-state index >= 15 is 0 Å². The number of anilines is 1. The van der Waals surface area contributed by atoms with Crippen LogP contribution in [0.2, 0.25) is 10.0 Å². The smallest absolute Gasteiger partial charge is 0.264 e. The molecule has 0 aromatic heterocycles. The highest BCUT2D eigenvalue weighted by molar-refractivity contribution is 7.92. The lowest BCUT2D eigenvalue weighted by atomic mass is 10.1. The van der Waals surface area contributed by atoms with Crippen LogP contribution in [0.4, 0.5) is 5.69 Å². The maximum atomic E-state index is 14.0. The van der Waals surface area contributed by atoms with E-state index in [2.05, 4.69) is 5.32 Å². The van der Waals surface area contributed by atoms with Crippen LogP contribution >= 0.6 is 23.2 Å². The molecule has 0 saturated heterocycles. The molecule has 0 aliphatic carbocycles. The Bertz CT molecular complexity index is 1370. The van der Waals surface area contributed by atoms with Crippen LogP contribution in [-0.4, -0.2) is 43.3 Å². The van der Waals surface area contributed by atoms with Gasteiger partial charge < -0.3 is 10.2 Å². The lowest BCUT2D eigenvalue weighted by Gasteiger charge is -2.34. The largest absolute Gasteiger partial charge is 0.350 e. The van der Waals surface area contributed by atoms with E-state index < -0.39 is 34.1 Å². The summed E-state index contributed by atoms with van der Waals surface area (Å²) in [6.45, 7) is 6.96. The van der Waals surface area contributed by atoms with Gasteiger partial charge in [0.1, 0.15) is 12.6 Å². The Morgan fingerprint density at radius 1 is 0.872 bits per heavy atom. The molecule has 0 bridgehead atoms. The fraction of sp³-hybridized carbons (Fsp3) is 0.310. The standard InChI is InChI=1S/C29H33Cl2N3O4S/c1-5-26(28(36)32-29(2,3)4)33(19-21-11-13-22(30)14-12-21)27(35)20-34(24-17-15-23(31)16-18-24)39(37,38)25-9-7-6-8-10-25/h6-18,26H,5,19-20H2,1-4H3,(H,32,36)/t26-/m0/s1. The van der Waals surface area contributed by atoms with Gasteiger partial charge in [-0.25, -0.2) is 8.42 Å². The van der Waals surface area contributed by atoms with Gasteiger partial charge in [-0.05, 0) is 81.3 Å². The van der Waals surface area contributed by atoms with Crippen molar-refractivity contribution in [2.24, 2.45) is 0 Å². The molecule has 1 N–H and O–H groups in total. The van der Waals surface area contributed by atoms with Gasteiger partial charge in [-0.3, -0.25) is 13.9 Å². The molecular weight excluding hydrogens is 557 g/mol. The zero-order chi connectivity index (χ0) is 28.8. The van der Waals surface area contributed by atoms with Gasteiger partial charge in [-0.1, -0.05) is 60.5 Å². The minimum absolute atomic E-state index is 0.0366. The van der Waals surface area contributed by atoms with Crippen molar-refractivity contribution in [3.8, 4) is 0 Å². The zero-order valence-corrected chi connectivity index (χ0v) is 24.7. The maximum absolute atomic E-state index is 14.0. The lowest BCUT2D eigenvalue weighted by molar-refractivity contribution is -0.141. The molecular formula is C29H33Cl2N3O4S. The highest BCUT2D eigenvalue weighted by Crippen LogP contribution is 2.26. The van der Waals surface area contributed by atoms with Gasteiger partial charge in [0.25, 0.3) is 10.0 Å². The summed E-state index contributed by atoms with van der Waals surface area (Å²) in [6.07, 6.45) is 0.327. The molecule has 0 heterocycles. The number of amides is 2. The number of nitrogens with zero attached hydrogens (tertiary/aromatic N) is 2. The van der Waals surface area contributed by atoms with Crippen LogP contribution in [0.3, 0.4) is 0 Å². The number of carbonyl (C=O) groups excluding carboxylic acids is 2. The predicted octanol–water partition coefficient (Wildman–Crippen LogP) is 5.91. The zero-order valence-electron chi connectivity index (χ0n) is 22.4. The van der Waals surface area contributed by atoms with Crippen LogP contribution in [0.25, 0.3) is 0 Å². The molecule has 3 rings (SSSR count). The van der Waals surface area contributed by atoms with E-state index in [4.69, 9.17) is 23.2 Å². The number of rotatable bonds is 10. The molecule has 0 aliphatic rings. The minimum atomic E-state index is -4.13. The summed E-state index contributed by atoms with van der Waals surface area (Å²) in [4.78, 5) is 28.8. The van der Waals surface area contributed by atoms with Crippen molar-refractivity contribution >= 4 is 50.7 Å². The summed E-state index contributed by atoms with van der Waals surface area (Å²) in [6, 6.07) is 20.2. The monoisotopic (exact) mass is 589 g/mol. The molecule has 10 heteroatoms. The number of nitrogens with one attached hydrogen (secondary N) is 1. The third kappa shape index (κ3) is 8.21. The molecule has 3 aromatic carbocycles. The SMILES string of the molecule is CC[C@@H](C(=O)NC(C)(C)C)N(Cc1ccc(Cl)cc1)C(=O)CN(c1ccc(Cl)cc1)S(=O)(=O)c1ccccc1. The van der Waals surface area contributed by atoms with E-state index in [0.29, 0.717) is 16.5 Å². The summed E-state index contributed by atoms with van der Waals surface area (Å²) >= 11 is 12.1. The van der Waals surface area contributed by atoms with E-state index in [-0.39, 0.29) is 23.0 Å². The van der Waals surface area contributed by atoms with Crippen LogP contribution in [-0.2, 0) is 26.2 Å². The van der Waals surface area contributed by atoms with E-state index in [1.165, 1.54) is 17.0 Å². The molecule has 1 atom stereocenters. The van der Waals surface area contributed by atoms with Crippen LogP contribution in [0.15, 0.2) is 83.8 Å². The second-order valence-corrected chi connectivity index (χ2v) is 12.8. The van der Waals surface area contributed by atoms with Crippen LogP contribution in [0.5, 0.6) is 0 Å². The van der Waals surface area contributed by atoms with Gasteiger partial charge >= 0.3 is 0 Å². The normalized spacial score (nSPS) is 12.5. The number of sulfonamides is 1. The van der Waals surface area contributed by atoms with Crippen molar-refractivity contribution in [2.75, 3.05) is 10.8 Å². The van der Waals surface area contributed by atoms with E-state index in [1.54, 1.807) is 66.7 Å². The van der Waals surface area contributed by atoms with Gasteiger partial charge in [0.05, 0.1) is 10.6 Å². The Morgan fingerprint density at radius 3 is 1.92 bits per heavy atom. The third-order valence-electron chi connectivity index (χ3n) is 5.87. The average Bonchev–Trinajstić information content (AvgIpc) is 2.88. The molecule has 0 unspecified atom stereocenters. The lowest BCUT2D eigenvalue weighted by Crippen LogP contribution is -2.55. The first-order chi connectivity index (χ1) is 18.3. The van der Waals surface area contributed by atoms with Crippen molar-refractivity contribution in [1.29, 1.82) is 0 Å². The molecule has 208 valence electrons. The quantitative estimate of drug-likeness (QED) is 0.318. The van der Waals surface area contributed by atoms with Gasteiger partial charge in [0.15, 0.2) is 0 Å². The van der Waals surface area contributed by atoms with Gasteiger partial charge in [-0.15, -0.1) is 0 Å². The Morgan fingerprint density at radius 2 is 1.41 bits per heavy atom. The second kappa shape index (κ2) is 12.9. The van der Waals surface area contributed by atoms with Gasteiger partial charge in [0.2, 0.25) is 11.8 Å². The third-order valence-corrected chi connectivity index (χ3v) is 8.17. The number of carbonyl (C=O) groups is 2. The first-order valence-corrected chi connectivity index (χ1v) is 14.7. The summed E-state index contributed by atoms with van der Waals surface area (Å²) in [7, 11) is -4.13. The predicted molar refractivity (Wildman–Crippen MR) is 156 cm³/mol. The van der Waals surface area contributed by atoms with Crippen molar-refractivity contribution in [3.05, 3.63) is 94.5 Å². The van der Waals surface area contributed by atoms with Gasteiger partial charge in [0, 0.05) is 22.1 Å². The maximum Gasteiger partial charge on any atom is 0.264 e. The molecule has 0 spiro atoms. The number of hydrogen-bond acceptors (Lipinski definition) is 4. The summed E-state index contributed by atoms with van der Waals surface area (Å²) in [5.74, 6) is -0.855. The Kier molecular flexibility index (Phi) is 10.0. The summed E-state index contributed by atoms with van der Waals surface area (Å²) in [5.41, 5.74) is 0.500. The summed E-state index contributed by atoms with van der Waals surface area (Å²) in [5, 5.41) is 3.91. The molecule has 0 radical (unpaired) electrons. The Labute approximate surface area is 240 Å².